The number of halogens is 3. The van der Waals surface area contributed by atoms with E-state index in [4.69, 9.17) is 5.73 Å². The monoisotopic (exact) mass is 258 g/mol. The molecule has 3 N–H and O–H groups in total. The van der Waals surface area contributed by atoms with Gasteiger partial charge in [-0.05, 0) is 12.1 Å². The number of nitrogens with two attached hydrogens (primary N) is 1. The van der Waals surface area contributed by atoms with E-state index < -0.39 is 17.4 Å². The number of nitrogens with zero attached hydrogens (tertiary/aromatic N) is 2. The van der Waals surface area contributed by atoms with Crippen molar-refractivity contribution in [1.29, 1.82) is 0 Å². The van der Waals surface area contributed by atoms with Crippen molar-refractivity contribution < 1.29 is 13.2 Å². The molecule has 0 aliphatic carbocycles. The topological polar surface area (TPSA) is 54.2 Å². The highest BCUT2D eigenvalue weighted by Crippen LogP contribution is 2.36. The van der Waals surface area contributed by atoms with Gasteiger partial charge in [-0.25, -0.2) is 4.98 Å². The average Bonchev–Trinajstić information content (AvgIpc) is 2.83. The van der Waals surface area contributed by atoms with Crippen molar-refractivity contribution in [1.82, 2.24) is 10.3 Å². The predicted octanol–water partition coefficient (Wildman–Crippen LogP) is 0.937. The molecular formula is C11H13F3N4. The van der Waals surface area contributed by atoms with E-state index in [9.17, 15) is 13.2 Å². The zero-order valence-corrected chi connectivity index (χ0v) is 9.54. The summed E-state index contributed by atoms with van der Waals surface area (Å²) >= 11 is 0. The summed E-state index contributed by atoms with van der Waals surface area (Å²) in [5.41, 5.74) is 4.88. The van der Waals surface area contributed by atoms with Gasteiger partial charge in [0.1, 0.15) is 11.5 Å². The van der Waals surface area contributed by atoms with Crippen molar-refractivity contribution in [2.75, 3.05) is 18.0 Å². The van der Waals surface area contributed by atoms with Gasteiger partial charge < -0.3 is 16.0 Å². The lowest BCUT2D eigenvalue weighted by atomic mass is 10.1. The number of nitrogens with one attached hydrogen (secondary N) is 1. The molecule has 0 aromatic carbocycles. The van der Waals surface area contributed by atoms with Crippen LogP contribution in [0.3, 0.4) is 0 Å². The molecule has 1 aromatic heterocycles. The molecule has 0 amide bonds. The minimum atomic E-state index is -4.35. The van der Waals surface area contributed by atoms with Crippen LogP contribution in [0.1, 0.15) is 12.0 Å². The summed E-state index contributed by atoms with van der Waals surface area (Å²) in [6, 6.07) is 2.28. The summed E-state index contributed by atoms with van der Waals surface area (Å²) in [7, 11) is 0. The summed E-state index contributed by atoms with van der Waals surface area (Å²) in [6.45, 7) is 1.18. The summed E-state index contributed by atoms with van der Waals surface area (Å²) in [6.07, 6.45) is -2.43. The molecule has 18 heavy (non-hydrogen) atoms. The molecule has 1 aromatic rings. The van der Waals surface area contributed by atoms with Crippen molar-refractivity contribution in [2.45, 2.75) is 24.3 Å². The second-order valence-corrected chi connectivity index (χ2v) is 4.90. The fraction of sp³-hybridized carbons (Fsp3) is 0.545. The molecule has 4 nitrogen and oxygen atoms in total. The Kier molecular flexibility index (Phi) is 2.33. The first kappa shape index (κ1) is 11.7. The number of fused-ring (bicyclic) bond motifs is 2. The third-order valence-corrected chi connectivity index (χ3v) is 3.59. The van der Waals surface area contributed by atoms with E-state index in [-0.39, 0.29) is 6.04 Å². The average molecular weight is 258 g/mol. The van der Waals surface area contributed by atoms with Crippen molar-refractivity contribution in [3.63, 3.8) is 0 Å². The molecule has 2 saturated heterocycles. The standard InChI is InChI=1S/C11H13F3N4/c12-11(13,14)7-1-2-16-9(3-7)18-5-8-4-10(18,15)6-17-8/h1-3,8,17H,4-6,15H2/t8-,10-/m0/s1. The number of aromatic nitrogens is 1. The maximum absolute atomic E-state index is 12.6. The molecular weight excluding hydrogens is 245 g/mol. The van der Waals surface area contributed by atoms with E-state index in [1.807, 2.05) is 0 Å². The number of hydrogen-bond donors (Lipinski definition) is 2. The minimum absolute atomic E-state index is 0.242. The highest BCUT2D eigenvalue weighted by Gasteiger charge is 2.48. The second kappa shape index (κ2) is 3.58. The number of piperazine rings is 1. The molecule has 7 heteroatoms. The van der Waals surface area contributed by atoms with Crippen LogP contribution in [0.4, 0.5) is 19.0 Å². The third kappa shape index (κ3) is 1.74. The second-order valence-electron chi connectivity index (χ2n) is 4.90. The van der Waals surface area contributed by atoms with Crippen molar-refractivity contribution in [2.24, 2.45) is 5.73 Å². The van der Waals surface area contributed by atoms with E-state index in [1.165, 1.54) is 6.20 Å². The van der Waals surface area contributed by atoms with Crippen LogP contribution >= 0.6 is 0 Å². The van der Waals surface area contributed by atoms with E-state index >= 15 is 0 Å². The number of anilines is 1. The Morgan fingerprint density at radius 3 is 2.83 bits per heavy atom. The van der Waals surface area contributed by atoms with Gasteiger partial charge in [0.15, 0.2) is 0 Å². The van der Waals surface area contributed by atoms with Crippen molar-refractivity contribution >= 4 is 5.82 Å². The molecule has 0 unspecified atom stereocenters. The first-order valence-corrected chi connectivity index (χ1v) is 5.72. The number of rotatable bonds is 1. The van der Waals surface area contributed by atoms with Crippen LogP contribution in [0.5, 0.6) is 0 Å². The molecule has 98 valence electrons. The lowest BCUT2D eigenvalue weighted by molar-refractivity contribution is -0.137. The molecule has 0 radical (unpaired) electrons. The van der Waals surface area contributed by atoms with Crippen LogP contribution < -0.4 is 16.0 Å². The Balaban J connectivity index is 1.94. The molecule has 2 fully saturated rings. The van der Waals surface area contributed by atoms with Crippen LogP contribution in [0.25, 0.3) is 0 Å². The van der Waals surface area contributed by atoms with Crippen LogP contribution in [0, 0.1) is 0 Å². The lowest BCUT2D eigenvalue weighted by Crippen LogP contribution is -2.59. The van der Waals surface area contributed by atoms with Gasteiger partial charge >= 0.3 is 6.18 Å². The molecule has 2 atom stereocenters. The van der Waals surface area contributed by atoms with Crippen LogP contribution in [0.2, 0.25) is 0 Å². The van der Waals surface area contributed by atoms with Gasteiger partial charge in [-0.1, -0.05) is 0 Å². The van der Waals surface area contributed by atoms with Gasteiger partial charge in [0.05, 0.1) is 5.56 Å². The number of hydrogen-bond acceptors (Lipinski definition) is 4. The van der Waals surface area contributed by atoms with Crippen LogP contribution in [0.15, 0.2) is 18.3 Å². The van der Waals surface area contributed by atoms with Gasteiger partial charge in [0.25, 0.3) is 0 Å². The molecule has 3 heterocycles. The van der Waals surface area contributed by atoms with Gasteiger partial charge in [-0.2, -0.15) is 13.2 Å². The third-order valence-electron chi connectivity index (χ3n) is 3.59. The normalized spacial score (nSPS) is 31.1. The molecule has 2 aliphatic rings. The Bertz CT molecular complexity index is 476. The minimum Gasteiger partial charge on any atom is -0.336 e. The summed E-state index contributed by atoms with van der Waals surface area (Å²) in [5, 5.41) is 3.22. The van der Waals surface area contributed by atoms with Gasteiger partial charge in [0.2, 0.25) is 0 Å². The first-order valence-electron chi connectivity index (χ1n) is 5.72. The summed E-state index contributed by atoms with van der Waals surface area (Å²) in [5.74, 6) is 0.302. The fourth-order valence-corrected chi connectivity index (χ4v) is 2.69. The Morgan fingerprint density at radius 1 is 1.50 bits per heavy atom. The van der Waals surface area contributed by atoms with Gasteiger partial charge in [-0.15, -0.1) is 0 Å². The Labute approximate surface area is 102 Å². The molecule has 0 spiro atoms. The van der Waals surface area contributed by atoms with Crippen LogP contribution in [-0.2, 0) is 6.18 Å². The van der Waals surface area contributed by atoms with E-state index in [1.54, 1.807) is 4.90 Å². The molecule has 2 bridgehead atoms. The Morgan fingerprint density at radius 2 is 2.28 bits per heavy atom. The maximum atomic E-state index is 12.6. The van der Waals surface area contributed by atoms with Gasteiger partial charge in [-0.3, -0.25) is 0 Å². The zero-order valence-electron chi connectivity index (χ0n) is 9.54. The number of pyridine rings is 1. The first-order chi connectivity index (χ1) is 8.38. The van der Waals surface area contributed by atoms with Gasteiger partial charge in [0, 0.05) is 31.7 Å². The van der Waals surface area contributed by atoms with E-state index in [0.717, 1.165) is 18.6 Å². The smallest absolute Gasteiger partial charge is 0.336 e. The quantitative estimate of drug-likeness (QED) is 0.787. The molecule has 3 rings (SSSR count). The fourth-order valence-electron chi connectivity index (χ4n) is 2.69. The predicted molar refractivity (Wildman–Crippen MR) is 59.9 cm³/mol. The maximum Gasteiger partial charge on any atom is 0.416 e. The Hall–Kier alpha value is -1.34. The highest BCUT2D eigenvalue weighted by atomic mass is 19.4. The highest BCUT2D eigenvalue weighted by molar-refractivity contribution is 5.48. The van der Waals surface area contributed by atoms with Crippen molar-refractivity contribution in [3.8, 4) is 0 Å². The lowest BCUT2D eigenvalue weighted by Gasteiger charge is -2.36. The van der Waals surface area contributed by atoms with E-state index in [0.29, 0.717) is 18.9 Å². The van der Waals surface area contributed by atoms with Crippen molar-refractivity contribution in [3.05, 3.63) is 23.9 Å². The van der Waals surface area contributed by atoms with E-state index in [2.05, 4.69) is 10.3 Å². The zero-order chi connectivity index (χ0) is 13.0. The molecule has 2 aliphatic heterocycles. The summed E-state index contributed by atoms with van der Waals surface area (Å²) < 4.78 is 37.9. The SMILES string of the molecule is N[C@]12CN[C@H](CN1c1cc(C(F)(F)F)ccn1)C2. The molecule has 0 saturated carbocycles. The number of alkyl halides is 3. The van der Waals surface area contributed by atoms with Crippen LogP contribution in [-0.4, -0.2) is 29.8 Å². The summed E-state index contributed by atoms with van der Waals surface area (Å²) in [4.78, 5) is 5.78. The largest absolute Gasteiger partial charge is 0.416 e.